The highest BCUT2D eigenvalue weighted by atomic mass is 16.2. The van der Waals surface area contributed by atoms with Gasteiger partial charge in [0.25, 0.3) is 5.91 Å². The lowest BCUT2D eigenvalue weighted by molar-refractivity contribution is 0.0721. The Morgan fingerprint density at radius 2 is 2.14 bits per heavy atom. The molecule has 22 heavy (non-hydrogen) atoms. The molecule has 1 fully saturated rings. The SMILES string of the molecule is Cn1cccc1C(=O)N1CCC[C@H]1c1nc2ccccc2[nH]1. The van der Waals surface area contributed by atoms with Gasteiger partial charge in [-0.2, -0.15) is 0 Å². The van der Waals surface area contributed by atoms with E-state index in [2.05, 4.69) is 9.97 Å². The highest BCUT2D eigenvalue weighted by molar-refractivity contribution is 5.93. The van der Waals surface area contributed by atoms with E-state index in [4.69, 9.17) is 0 Å². The van der Waals surface area contributed by atoms with Gasteiger partial charge >= 0.3 is 0 Å². The van der Waals surface area contributed by atoms with Crippen molar-refractivity contribution in [2.45, 2.75) is 18.9 Å². The summed E-state index contributed by atoms with van der Waals surface area (Å²) in [6.45, 7) is 0.783. The number of carbonyl (C=O) groups is 1. The summed E-state index contributed by atoms with van der Waals surface area (Å²) in [5, 5.41) is 0. The van der Waals surface area contributed by atoms with E-state index in [0.29, 0.717) is 0 Å². The predicted molar refractivity (Wildman–Crippen MR) is 84.5 cm³/mol. The van der Waals surface area contributed by atoms with Gasteiger partial charge in [0.05, 0.1) is 17.1 Å². The maximum absolute atomic E-state index is 12.8. The molecule has 112 valence electrons. The van der Waals surface area contributed by atoms with E-state index in [9.17, 15) is 4.79 Å². The fourth-order valence-electron chi connectivity index (χ4n) is 3.25. The molecule has 5 heteroatoms. The van der Waals surface area contributed by atoms with Crippen LogP contribution in [0.3, 0.4) is 0 Å². The van der Waals surface area contributed by atoms with Gasteiger partial charge in [0.1, 0.15) is 11.5 Å². The quantitative estimate of drug-likeness (QED) is 0.790. The van der Waals surface area contributed by atoms with Crippen molar-refractivity contribution in [2.75, 3.05) is 6.54 Å². The number of para-hydroxylation sites is 2. The lowest BCUT2D eigenvalue weighted by Gasteiger charge is -2.23. The van der Waals surface area contributed by atoms with Crippen LogP contribution in [0.1, 0.15) is 35.2 Å². The molecular weight excluding hydrogens is 276 g/mol. The molecule has 1 aromatic carbocycles. The Labute approximate surface area is 128 Å². The van der Waals surface area contributed by atoms with Crippen LogP contribution in [-0.2, 0) is 7.05 Å². The average molecular weight is 294 g/mol. The summed E-state index contributed by atoms with van der Waals surface area (Å²) in [6, 6.07) is 11.8. The van der Waals surface area contributed by atoms with Crippen LogP contribution in [0.5, 0.6) is 0 Å². The molecule has 0 saturated carbocycles. The fraction of sp³-hybridized carbons (Fsp3) is 0.294. The molecule has 4 rings (SSSR count). The Morgan fingerprint density at radius 1 is 1.27 bits per heavy atom. The summed E-state index contributed by atoms with van der Waals surface area (Å²) in [7, 11) is 1.90. The van der Waals surface area contributed by atoms with Crippen molar-refractivity contribution in [3.8, 4) is 0 Å². The lowest BCUT2D eigenvalue weighted by Crippen LogP contribution is -2.32. The molecule has 3 aromatic rings. The van der Waals surface area contributed by atoms with Crippen LogP contribution in [0.15, 0.2) is 42.6 Å². The zero-order chi connectivity index (χ0) is 15.1. The minimum Gasteiger partial charge on any atom is -0.347 e. The molecule has 1 aliphatic heterocycles. The Kier molecular flexibility index (Phi) is 2.99. The Balaban J connectivity index is 1.69. The van der Waals surface area contributed by atoms with Crippen molar-refractivity contribution in [3.05, 3.63) is 54.1 Å². The van der Waals surface area contributed by atoms with Crippen LogP contribution in [0, 0.1) is 0 Å². The van der Waals surface area contributed by atoms with E-state index in [1.54, 1.807) is 0 Å². The van der Waals surface area contributed by atoms with Gasteiger partial charge in [-0.1, -0.05) is 12.1 Å². The first-order valence-electron chi connectivity index (χ1n) is 7.61. The van der Waals surface area contributed by atoms with Gasteiger partial charge in [0, 0.05) is 19.8 Å². The number of imidazole rings is 1. The Bertz CT molecular complexity index is 799. The summed E-state index contributed by atoms with van der Waals surface area (Å²) in [6.07, 6.45) is 3.87. The number of aromatic nitrogens is 3. The highest BCUT2D eigenvalue weighted by Gasteiger charge is 2.33. The predicted octanol–water partition coefficient (Wildman–Crippen LogP) is 2.88. The molecule has 1 amide bonds. The van der Waals surface area contributed by atoms with Gasteiger partial charge in [-0.05, 0) is 37.1 Å². The van der Waals surface area contributed by atoms with Gasteiger partial charge in [-0.25, -0.2) is 4.98 Å². The van der Waals surface area contributed by atoms with Crippen LogP contribution < -0.4 is 0 Å². The normalized spacial score (nSPS) is 18.2. The topological polar surface area (TPSA) is 53.9 Å². The molecule has 0 radical (unpaired) electrons. The summed E-state index contributed by atoms with van der Waals surface area (Å²) in [5.74, 6) is 0.969. The zero-order valence-corrected chi connectivity index (χ0v) is 12.5. The van der Waals surface area contributed by atoms with Crippen LogP contribution in [-0.4, -0.2) is 31.9 Å². The van der Waals surface area contributed by atoms with Crippen LogP contribution in [0.2, 0.25) is 0 Å². The number of nitrogens with zero attached hydrogens (tertiary/aromatic N) is 3. The molecule has 1 N–H and O–H groups in total. The Morgan fingerprint density at radius 3 is 2.91 bits per heavy atom. The number of aromatic amines is 1. The molecule has 1 saturated heterocycles. The molecule has 0 bridgehead atoms. The third-order valence-electron chi connectivity index (χ3n) is 4.40. The van der Waals surface area contributed by atoms with E-state index in [1.807, 2.05) is 59.1 Å². The molecule has 0 spiro atoms. The first kappa shape index (κ1) is 13.1. The number of carbonyl (C=O) groups excluding carboxylic acids is 1. The number of fused-ring (bicyclic) bond motifs is 1. The molecule has 0 aliphatic carbocycles. The number of rotatable bonds is 2. The smallest absolute Gasteiger partial charge is 0.271 e. The van der Waals surface area contributed by atoms with Gasteiger partial charge < -0.3 is 14.5 Å². The number of benzene rings is 1. The molecule has 0 unspecified atom stereocenters. The van der Waals surface area contributed by atoms with Gasteiger partial charge in [0.15, 0.2) is 0 Å². The second kappa shape index (κ2) is 5.02. The summed E-state index contributed by atoms with van der Waals surface area (Å²) >= 11 is 0. The molecule has 1 aliphatic rings. The van der Waals surface area contributed by atoms with E-state index in [-0.39, 0.29) is 11.9 Å². The third kappa shape index (κ3) is 2.01. The number of amides is 1. The summed E-state index contributed by atoms with van der Waals surface area (Å²) in [4.78, 5) is 22.8. The number of hydrogen-bond donors (Lipinski definition) is 1. The molecular formula is C17H18N4O. The maximum Gasteiger partial charge on any atom is 0.271 e. The minimum absolute atomic E-state index is 0.0369. The van der Waals surface area contributed by atoms with Crippen molar-refractivity contribution in [3.63, 3.8) is 0 Å². The fourth-order valence-corrected chi connectivity index (χ4v) is 3.25. The minimum atomic E-state index is 0.0369. The number of hydrogen-bond acceptors (Lipinski definition) is 2. The van der Waals surface area contributed by atoms with Gasteiger partial charge in [0.2, 0.25) is 0 Å². The van der Waals surface area contributed by atoms with E-state index in [0.717, 1.165) is 41.9 Å². The zero-order valence-electron chi connectivity index (χ0n) is 12.5. The first-order chi connectivity index (χ1) is 10.7. The van der Waals surface area contributed by atoms with Crippen molar-refractivity contribution in [1.29, 1.82) is 0 Å². The van der Waals surface area contributed by atoms with E-state index in [1.165, 1.54) is 0 Å². The third-order valence-corrected chi connectivity index (χ3v) is 4.40. The summed E-state index contributed by atoms with van der Waals surface area (Å²) in [5.41, 5.74) is 2.70. The van der Waals surface area contributed by atoms with E-state index < -0.39 is 0 Å². The van der Waals surface area contributed by atoms with Crippen LogP contribution in [0.4, 0.5) is 0 Å². The second-order valence-electron chi connectivity index (χ2n) is 5.80. The van der Waals surface area contributed by atoms with Crippen molar-refractivity contribution >= 4 is 16.9 Å². The van der Waals surface area contributed by atoms with Gasteiger partial charge in [-0.3, -0.25) is 4.79 Å². The van der Waals surface area contributed by atoms with Crippen molar-refractivity contribution in [2.24, 2.45) is 7.05 Å². The lowest BCUT2D eigenvalue weighted by atomic mass is 10.2. The average Bonchev–Trinajstić information content (AvgIpc) is 3.24. The number of aryl methyl sites for hydroxylation is 1. The van der Waals surface area contributed by atoms with Crippen molar-refractivity contribution < 1.29 is 4.79 Å². The molecule has 1 atom stereocenters. The molecule has 2 aromatic heterocycles. The van der Waals surface area contributed by atoms with E-state index >= 15 is 0 Å². The second-order valence-corrected chi connectivity index (χ2v) is 5.80. The standard InChI is InChI=1S/C17H18N4O/c1-20-10-4-9-15(20)17(22)21-11-5-8-14(21)16-18-12-6-2-3-7-13(12)19-16/h2-4,6-7,9-10,14H,5,8,11H2,1H3,(H,18,19)/t14-/m0/s1. The Hall–Kier alpha value is -2.56. The first-order valence-corrected chi connectivity index (χ1v) is 7.61. The number of H-pyrrole nitrogens is 1. The number of likely N-dealkylation sites (tertiary alicyclic amines) is 1. The van der Waals surface area contributed by atoms with Crippen LogP contribution >= 0.6 is 0 Å². The largest absolute Gasteiger partial charge is 0.347 e. The monoisotopic (exact) mass is 294 g/mol. The van der Waals surface area contributed by atoms with Crippen molar-refractivity contribution in [1.82, 2.24) is 19.4 Å². The summed E-state index contributed by atoms with van der Waals surface area (Å²) < 4.78 is 1.87. The number of nitrogens with one attached hydrogen (secondary N) is 1. The maximum atomic E-state index is 12.8. The molecule has 5 nitrogen and oxygen atoms in total. The highest BCUT2D eigenvalue weighted by Crippen LogP contribution is 2.32. The van der Waals surface area contributed by atoms with Crippen LogP contribution in [0.25, 0.3) is 11.0 Å². The molecule has 3 heterocycles. The van der Waals surface area contributed by atoms with Gasteiger partial charge in [-0.15, -0.1) is 0 Å².